The van der Waals surface area contributed by atoms with Gasteiger partial charge in [0.05, 0.1) is 30.8 Å². The molecule has 0 spiro atoms. The smallest absolute Gasteiger partial charge is 0.274 e. The molecule has 5 nitrogen and oxygen atoms in total. The van der Waals surface area contributed by atoms with Crippen LogP contribution in [0.25, 0.3) is 0 Å². The molecule has 27 heavy (non-hydrogen) atoms. The number of pyridine rings is 1. The van der Waals surface area contributed by atoms with Crippen molar-refractivity contribution in [2.45, 2.75) is 6.92 Å². The van der Waals surface area contributed by atoms with Crippen LogP contribution in [0.3, 0.4) is 0 Å². The Morgan fingerprint density at radius 3 is 2.15 bits per heavy atom. The maximum atomic E-state index is 12.7. The van der Waals surface area contributed by atoms with Gasteiger partial charge < -0.3 is 10.2 Å². The summed E-state index contributed by atoms with van der Waals surface area (Å²) < 4.78 is 0. The molecule has 1 N–H and O–H groups in total. The second-order valence-corrected chi connectivity index (χ2v) is 7.46. The average Bonchev–Trinajstić information content (AvgIpc) is 2.63. The largest absolute Gasteiger partial charge is 0.328 e. The summed E-state index contributed by atoms with van der Waals surface area (Å²) in [5.74, 6) is -1.15. The topological polar surface area (TPSA) is 62.3 Å². The summed E-state index contributed by atoms with van der Waals surface area (Å²) in [4.78, 5) is 30.1. The third kappa shape index (κ3) is 5.11. The Hall–Kier alpha value is -0.950. The molecular weight excluding hydrogens is 479 g/mol. The number of likely N-dealkylation sites (N-methyl/N-ethyl adjacent to an activating group) is 1. The Kier molecular flexibility index (Phi) is 7.86. The van der Waals surface area contributed by atoms with Crippen molar-refractivity contribution in [3.63, 3.8) is 0 Å². The maximum Gasteiger partial charge on any atom is 0.274 e. The van der Waals surface area contributed by atoms with Crippen molar-refractivity contribution in [3.05, 3.63) is 54.2 Å². The van der Waals surface area contributed by atoms with E-state index in [4.69, 9.17) is 69.6 Å². The summed E-state index contributed by atoms with van der Waals surface area (Å²) in [6.45, 7) is 1.58. The molecule has 2 rings (SSSR count). The van der Waals surface area contributed by atoms with Crippen LogP contribution in [-0.4, -0.2) is 34.8 Å². The minimum absolute atomic E-state index is 0.0611. The molecule has 0 aliphatic carbocycles. The van der Waals surface area contributed by atoms with Crippen LogP contribution in [0, 0.1) is 0 Å². The fraction of sp³-hybridized carbons (Fsp3) is 0.188. The van der Waals surface area contributed by atoms with Gasteiger partial charge in [0.1, 0.15) is 17.4 Å². The van der Waals surface area contributed by atoms with Gasteiger partial charge in [0, 0.05) is 6.54 Å². The van der Waals surface area contributed by atoms with Gasteiger partial charge in [0.2, 0.25) is 5.91 Å². The van der Waals surface area contributed by atoms with Crippen LogP contribution in [0.4, 0.5) is 5.69 Å². The SMILES string of the molecule is CCN(CC(=O)Nc1c(Cl)cccc1Cl)C(=O)c1nc(Cl)c(Cl)c(Cl)c1Cl. The van der Waals surface area contributed by atoms with Crippen LogP contribution in [0.1, 0.15) is 17.4 Å². The maximum absolute atomic E-state index is 12.7. The van der Waals surface area contributed by atoms with E-state index in [1.54, 1.807) is 25.1 Å². The Balaban J connectivity index is 2.22. The number of hydrogen-bond acceptors (Lipinski definition) is 3. The summed E-state index contributed by atoms with van der Waals surface area (Å²) in [5, 5.41) is 2.64. The van der Waals surface area contributed by atoms with Gasteiger partial charge >= 0.3 is 0 Å². The van der Waals surface area contributed by atoms with E-state index < -0.39 is 11.8 Å². The normalized spacial score (nSPS) is 10.6. The van der Waals surface area contributed by atoms with Crippen molar-refractivity contribution < 1.29 is 9.59 Å². The minimum Gasteiger partial charge on any atom is -0.328 e. The fourth-order valence-electron chi connectivity index (χ4n) is 2.08. The number of rotatable bonds is 5. The van der Waals surface area contributed by atoms with Gasteiger partial charge in [-0.15, -0.1) is 0 Å². The summed E-state index contributed by atoms with van der Waals surface area (Å²) in [5.41, 5.74) is 0.0459. The molecule has 0 bridgehead atoms. The van der Waals surface area contributed by atoms with E-state index in [0.717, 1.165) is 0 Å². The first-order chi connectivity index (χ1) is 12.7. The lowest BCUT2D eigenvalue weighted by Gasteiger charge is -2.21. The summed E-state index contributed by atoms with van der Waals surface area (Å²) in [6.07, 6.45) is 0. The van der Waals surface area contributed by atoms with Crippen molar-refractivity contribution in [1.29, 1.82) is 0 Å². The minimum atomic E-state index is -0.636. The Labute approximate surface area is 185 Å². The number of carbonyl (C=O) groups is 2. The molecule has 1 heterocycles. The quantitative estimate of drug-likeness (QED) is 0.516. The highest BCUT2D eigenvalue weighted by Crippen LogP contribution is 2.36. The first kappa shape index (κ1) is 22.3. The second-order valence-electron chi connectivity index (χ2n) is 5.16. The van der Waals surface area contributed by atoms with Crippen LogP contribution < -0.4 is 5.32 Å². The van der Waals surface area contributed by atoms with Crippen LogP contribution in [0.15, 0.2) is 18.2 Å². The zero-order valence-electron chi connectivity index (χ0n) is 13.6. The molecule has 0 aliphatic heterocycles. The van der Waals surface area contributed by atoms with Gasteiger partial charge in [0.15, 0.2) is 0 Å². The number of anilines is 1. The third-order valence-electron chi connectivity index (χ3n) is 3.42. The number of benzene rings is 1. The number of nitrogens with zero attached hydrogens (tertiary/aromatic N) is 2. The van der Waals surface area contributed by atoms with E-state index in [1.165, 1.54) is 4.90 Å². The summed E-state index contributed by atoms with van der Waals surface area (Å²) in [6, 6.07) is 4.80. The van der Waals surface area contributed by atoms with Gasteiger partial charge in [-0.25, -0.2) is 4.98 Å². The summed E-state index contributed by atoms with van der Waals surface area (Å²) >= 11 is 35.8. The zero-order valence-corrected chi connectivity index (χ0v) is 18.2. The monoisotopic (exact) mass is 487 g/mol. The molecule has 0 fully saturated rings. The molecular formula is C16H11Cl6N3O2. The highest BCUT2D eigenvalue weighted by molar-refractivity contribution is 6.52. The van der Waals surface area contributed by atoms with Crippen LogP contribution in [-0.2, 0) is 4.79 Å². The lowest BCUT2D eigenvalue weighted by molar-refractivity contribution is -0.116. The van der Waals surface area contributed by atoms with E-state index in [9.17, 15) is 9.59 Å². The second kappa shape index (κ2) is 9.50. The number of nitrogens with one attached hydrogen (secondary N) is 1. The van der Waals surface area contributed by atoms with Crippen molar-refractivity contribution >= 4 is 87.1 Å². The number of carbonyl (C=O) groups excluding carboxylic acids is 2. The van der Waals surface area contributed by atoms with Gasteiger partial charge in [0.25, 0.3) is 5.91 Å². The first-order valence-electron chi connectivity index (χ1n) is 7.40. The lowest BCUT2D eigenvalue weighted by Crippen LogP contribution is -2.38. The third-order valence-corrected chi connectivity index (χ3v) is 5.73. The van der Waals surface area contributed by atoms with E-state index in [0.29, 0.717) is 0 Å². The average molecular weight is 490 g/mol. The highest BCUT2D eigenvalue weighted by Gasteiger charge is 2.25. The van der Waals surface area contributed by atoms with E-state index in [2.05, 4.69) is 10.3 Å². The number of amides is 2. The van der Waals surface area contributed by atoms with Crippen molar-refractivity contribution in [2.24, 2.45) is 0 Å². The van der Waals surface area contributed by atoms with Gasteiger partial charge in [-0.1, -0.05) is 75.7 Å². The van der Waals surface area contributed by atoms with E-state index in [1.807, 2.05) is 0 Å². The Bertz CT molecular complexity index is 886. The number of aromatic nitrogens is 1. The van der Waals surface area contributed by atoms with Crippen LogP contribution in [0.5, 0.6) is 0 Å². The van der Waals surface area contributed by atoms with Crippen molar-refractivity contribution in [2.75, 3.05) is 18.4 Å². The highest BCUT2D eigenvalue weighted by atomic mass is 35.5. The number of para-hydroxylation sites is 1. The molecule has 2 amide bonds. The van der Waals surface area contributed by atoms with Crippen LogP contribution >= 0.6 is 69.6 Å². The first-order valence-corrected chi connectivity index (χ1v) is 9.67. The predicted octanol–water partition coefficient (Wildman–Crippen LogP) is 6.10. The van der Waals surface area contributed by atoms with Crippen molar-refractivity contribution in [3.8, 4) is 0 Å². The van der Waals surface area contributed by atoms with Gasteiger partial charge in [-0.05, 0) is 19.1 Å². The molecule has 0 saturated carbocycles. The molecule has 0 aliphatic rings. The molecule has 0 saturated heterocycles. The molecule has 0 atom stereocenters. The predicted molar refractivity (Wildman–Crippen MR) is 111 cm³/mol. The summed E-state index contributed by atoms with van der Waals surface area (Å²) in [7, 11) is 0. The van der Waals surface area contributed by atoms with E-state index >= 15 is 0 Å². The molecule has 2 aromatic rings. The fourth-order valence-corrected chi connectivity index (χ4v) is 3.38. The number of hydrogen-bond donors (Lipinski definition) is 1. The van der Waals surface area contributed by atoms with Crippen molar-refractivity contribution in [1.82, 2.24) is 9.88 Å². The lowest BCUT2D eigenvalue weighted by atomic mass is 10.3. The zero-order chi connectivity index (χ0) is 20.3. The molecule has 144 valence electrons. The molecule has 1 aromatic heterocycles. The molecule has 1 aromatic carbocycles. The Morgan fingerprint density at radius 1 is 1.00 bits per heavy atom. The molecule has 11 heteroatoms. The standard InChI is InChI=1S/C16H11Cl6N3O2/c1-2-25(6-9(26)23-13-7(17)4-3-5-8(13)18)16(27)14-11(20)10(19)12(21)15(22)24-14/h3-5H,2,6H2,1H3,(H,23,26). The van der Waals surface area contributed by atoms with E-state index in [-0.39, 0.29) is 54.7 Å². The van der Waals surface area contributed by atoms with Gasteiger partial charge in [-0.2, -0.15) is 0 Å². The molecule has 0 unspecified atom stereocenters. The van der Waals surface area contributed by atoms with Gasteiger partial charge in [-0.3, -0.25) is 9.59 Å². The number of halogens is 6. The Morgan fingerprint density at radius 2 is 1.59 bits per heavy atom. The van der Waals surface area contributed by atoms with Crippen LogP contribution in [0.2, 0.25) is 30.3 Å². The molecule has 0 radical (unpaired) electrons.